The molecule has 1 aromatic heterocycles. The number of imidazole rings is 1. The maximum absolute atomic E-state index is 14.3. The summed E-state index contributed by atoms with van der Waals surface area (Å²) in [5.74, 6) is 0.729. The van der Waals surface area contributed by atoms with Crippen LogP contribution in [0.3, 0.4) is 0 Å². The minimum Gasteiger partial charge on any atom is -0.495 e. The Kier molecular flexibility index (Phi) is 9.27. The molecule has 0 radical (unpaired) electrons. The van der Waals surface area contributed by atoms with Gasteiger partial charge in [0.05, 0.1) is 37.5 Å². The van der Waals surface area contributed by atoms with Crippen molar-refractivity contribution in [1.82, 2.24) is 19.8 Å². The van der Waals surface area contributed by atoms with Crippen LogP contribution in [0.4, 0.5) is 5.69 Å². The summed E-state index contributed by atoms with van der Waals surface area (Å²) in [6.45, 7) is 5.06. The lowest BCUT2D eigenvalue weighted by Gasteiger charge is -2.41. The molecule has 2 aliphatic rings. The molecule has 5 rings (SSSR count). The molecule has 1 amide bonds. The normalized spacial score (nSPS) is 22.9. The van der Waals surface area contributed by atoms with Crippen molar-refractivity contribution in [2.75, 3.05) is 52.3 Å². The predicted molar refractivity (Wildman–Crippen MR) is 161 cm³/mol. The standard InChI is InChI=1S/C32H43N5O4/c1-23-12-13-27(41-3)26(19-23)34-16-14-25-20-33-17-18-36(25)31(38)29-30(24-9-5-4-6-10-24)37(22-35-29)28-11-7-8-15-32(28,39)21-40-2/h4-6,9-10,12-13,19,22,25,28,33-34,39H,7-8,11,14-18,20-21H2,1-3H3/t25-,28-,32-/m1/s1. The summed E-state index contributed by atoms with van der Waals surface area (Å²) in [5, 5.41) is 18.6. The Bertz CT molecular complexity index is 1310. The molecule has 3 aromatic rings. The number of aromatic nitrogens is 2. The van der Waals surface area contributed by atoms with E-state index in [0.29, 0.717) is 25.2 Å². The zero-order valence-corrected chi connectivity index (χ0v) is 24.4. The van der Waals surface area contributed by atoms with E-state index in [1.807, 2.05) is 51.9 Å². The molecule has 0 spiro atoms. The number of ether oxygens (including phenoxy) is 2. The van der Waals surface area contributed by atoms with E-state index in [0.717, 1.165) is 67.0 Å². The molecule has 2 aromatic carbocycles. The number of nitrogens with one attached hydrogen (secondary N) is 2. The number of piperazine rings is 1. The fourth-order valence-corrected chi connectivity index (χ4v) is 6.41. The highest BCUT2D eigenvalue weighted by molar-refractivity contribution is 5.98. The molecule has 1 aliphatic heterocycles. The van der Waals surface area contributed by atoms with Crippen LogP contribution in [0.25, 0.3) is 11.3 Å². The maximum Gasteiger partial charge on any atom is 0.275 e. The van der Waals surface area contributed by atoms with Crippen molar-refractivity contribution >= 4 is 11.6 Å². The molecule has 1 aliphatic carbocycles. The second-order valence-corrected chi connectivity index (χ2v) is 11.3. The van der Waals surface area contributed by atoms with Crippen LogP contribution in [0.15, 0.2) is 54.9 Å². The summed E-state index contributed by atoms with van der Waals surface area (Å²) in [7, 11) is 3.30. The first-order valence-electron chi connectivity index (χ1n) is 14.7. The summed E-state index contributed by atoms with van der Waals surface area (Å²) in [6.07, 6.45) is 5.92. The van der Waals surface area contributed by atoms with Crippen molar-refractivity contribution < 1.29 is 19.4 Å². The van der Waals surface area contributed by atoms with Gasteiger partial charge in [0.15, 0.2) is 5.69 Å². The Morgan fingerprint density at radius 2 is 2.02 bits per heavy atom. The number of carbonyl (C=O) groups is 1. The van der Waals surface area contributed by atoms with E-state index in [9.17, 15) is 9.90 Å². The minimum atomic E-state index is -1.02. The van der Waals surface area contributed by atoms with E-state index >= 15 is 0 Å². The van der Waals surface area contributed by atoms with Crippen molar-refractivity contribution in [1.29, 1.82) is 0 Å². The second-order valence-electron chi connectivity index (χ2n) is 11.3. The van der Waals surface area contributed by atoms with E-state index in [2.05, 4.69) is 23.6 Å². The summed E-state index contributed by atoms with van der Waals surface area (Å²) < 4.78 is 13.0. The van der Waals surface area contributed by atoms with Crippen LogP contribution in [0, 0.1) is 6.92 Å². The monoisotopic (exact) mass is 561 g/mol. The molecule has 9 nitrogen and oxygen atoms in total. The van der Waals surface area contributed by atoms with E-state index < -0.39 is 5.60 Å². The quantitative estimate of drug-likeness (QED) is 0.340. The highest BCUT2D eigenvalue weighted by Gasteiger charge is 2.42. The van der Waals surface area contributed by atoms with Crippen molar-refractivity contribution in [2.24, 2.45) is 0 Å². The first-order chi connectivity index (χ1) is 19.9. The molecule has 2 heterocycles. The van der Waals surface area contributed by atoms with Gasteiger partial charge in [0.2, 0.25) is 0 Å². The van der Waals surface area contributed by atoms with Crippen LogP contribution in [0.1, 0.15) is 54.2 Å². The number of benzene rings is 2. The number of hydrogen-bond donors (Lipinski definition) is 3. The second kappa shape index (κ2) is 13.1. The van der Waals surface area contributed by atoms with Gasteiger partial charge < -0.3 is 34.7 Å². The molecule has 1 saturated carbocycles. The Morgan fingerprint density at radius 1 is 1.20 bits per heavy atom. The Hall–Kier alpha value is -3.40. The number of anilines is 1. The number of aliphatic hydroxyl groups is 1. The molecule has 3 atom stereocenters. The Morgan fingerprint density at radius 3 is 2.80 bits per heavy atom. The molecule has 41 heavy (non-hydrogen) atoms. The van der Waals surface area contributed by atoms with Crippen molar-refractivity contribution in [3.8, 4) is 17.0 Å². The summed E-state index contributed by atoms with van der Waals surface area (Å²) in [4.78, 5) is 21.0. The Labute approximate surface area is 242 Å². The van der Waals surface area contributed by atoms with Gasteiger partial charge in [-0.05, 0) is 43.9 Å². The molecule has 0 unspecified atom stereocenters. The van der Waals surface area contributed by atoms with Crippen LogP contribution in [-0.4, -0.2) is 84.1 Å². The van der Waals surface area contributed by atoms with Gasteiger partial charge in [0.1, 0.15) is 11.4 Å². The molecule has 3 N–H and O–H groups in total. The van der Waals surface area contributed by atoms with Gasteiger partial charge in [0, 0.05) is 44.9 Å². The number of hydrogen-bond acceptors (Lipinski definition) is 7. The average Bonchev–Trinajstić information content (AvgIpc) is 3.43. The summed E-state index contributed by atoms with van der Waals surface area (Å²) >= 11 is 0. The smallest absolute Gasteiger partial charge is 0.275 e. The third-order valence-electron chi connectivity index (χ3n) is 8.49. The molecular formula is C32H43N5O4. The SMILES string of the molecule is COC[C@]1(O)CCCC[C@H]1n1cnc(C(=O)N2CCNC[C@H]2CCNc2cc(C)ccc2OC)c1-c1ccccc1. The zero-order valence-electron chi connectivity index (χ0n) is 24.4. The molecule has 2 fully saturated rings. The third-order valence-corrected chi connectivity index (χ3v) is 8.49. The molecule has 1 saturated heterocycles. The number of amides is 1. The van der Waals surface area contributed by atoms with Crippen molar-refractivity contribution in [3.63, 3.8) is 0 Å². The van der Waals surface area contributed by atoms with Crippen molar-refractivity contribution in [3.05, 3.63) is 66.1 Å². The van der Waals surface area contributed by atoms with Gasteiger partial charge in [-0.15, -0.1) is 0 Å². The van der Waals surface area contributed by atoms with Crippen LogP contribution in [-0.2, 0) is 4.74 Å². The maximum atomic E-state index is 14.3. The number of carbonyl (C=O) groups excluding carboxylic acids is 1. The first kappa shape index (κ1) is 29.1. The van der Waals surface area contributed by atoms with Gasteiger partial charge >= 0.3 is 0 Å². The van der Waals surface area contributed by atoms with Crippen LogP contribution in [0.5, 0.6) is 5.75 Å². The van der Waals surface area contributed by atoms with E-state index in [-0.39, 0.29) is 24.6 Å². The van der Waals surface area contributed by atoms with Crippen LogP contribution < -0.4 is 15.4 Å². The van der Waals surface area contributed by atoms with Gasteiger partial charge in [0.25, 0.3) is 5.91 Å². The van der Waals surface area contributed by atoms with Crippen LogP contribution in [0.2, 0.25) is 0 Å². The lowest BCUT2D eigenvalue weighted by Crippen LogP contribution is -2.54. The van der Waals surface area contributed by atoms with E-state index in [1.54, 1.807) is 20.5 Å². The van der Waals surface area contributed by atoms with Crippen LogP contribution >= 0.6 is 0 Å². The fourth-order valence-electron chi connectivity index (χ4n) is 6.41. The molecule has 0 bridgehead atoms. The van der Waals surface area contributed by atoms with Gasteiger partial charge in [-0.25, -0.2) is 4.98 Å². The van der Waals surface area contributed by atoms with Gasteiger partial charge in [-0.2, -0.15) is 0 Å². The highest BCUT2D eigenvalue weighted by Crippen LogP contribution is 2.41. The molecule has 9 heteroatoms. The largest absolute Gasteiger partial charge is 0.495 e. The third kappa shape index (κ3) is 6.27. The lowest BCUT2D eigenvalue weighted by atomic mass is 9.80. The van der Waals surface area contributed by atoms with Gasteiger partial charge in [-0.1, -0.05) is 49.2 Å². The topological polar surface area (TPSA) is 101 Å². The van der Waals surface area contributed by atoms with E-state index in [1.165, 1.54) is 0 Å². The number of methoxy groups -OCH3 is 2. The average molecular weight is 562 g/mol. The highest BCUT2D eigenvalue weighted by atomic mass is 16.5. The number of rotatable bonds is 10. The lowest BCUT2D eigenvalue weighted by molar-refractivity contribution is -0.0893. The summed E-state index contributed by atoms with van der Waals surface area (Å²) in [6, 6.07) is 15.8. The molecule has 220 valence electrons. The number of aryl methyl sites for hydroxylation is 1. The van der Waals surface area contributed by atoms with E-state index in [4.69, 9.17) is 14.5 Å². The summed E-state index contributed by atoms with van der Waals surface area (Å²) in [5.41, 5.74) is 3.20. The number of nitrogens with zero attached hydrogens (tertiary/aromatic N) is 3. The fraction of sp³-hybridized carbons (Fsp3) is 0.500. The predicted octanol–water partition coefficient (Wildman–Crippen LogP) is 4.28. The first-order valence-corrected chi connectivity index (χ1v) is 14.7. The zero-order chi connectivity index (χ0) is 28.8. The van der Waals surface area contributed by atoms with Crippen molar-refractivity contribution in [2.45, 2.75) is 56.7 Å². The Balaban J connectivity index is 1.42. The van der Waals surface area contributed by atoms with Gasteiger partial charge in [-0.3, -0.25) is 4.79 Å². The minimum absolute atomic E-state index is 0.00781. The molecular weight excluding hydrogens is 518 g/mol.